The van der Waals surface area contributed by atoms with E-state index in [-0.39, 0.29) is 18.4 Å². The lowest BCUT2D eigenvalue weighted by atomic mass is 10.1. The lowest BCUT2D eigenvalue weighted by molar-refractivity contribution is -0.114. The van der Waals surface area contributed by atoms with Gasteiger partial charge in [0.1, 0.15) is 0 Å². The van der Waals surface area contributed by atoms with Gasteiger partial charge in [0.2, 0.25) is 5.91 Å². The summed E-state index contributed by atoms with van der Waals surface area (Å²) in [7, 11) is 0. The van der Waals surface area contributed by atoms with Crippen molar-refractivity contribution in [2.75, 3.05) is 22.5 Å². The van der Waals surface area contributed by atoms with Gasteiger partial charge < -0.3 is 16.0 Å². The maximum Gasteiger partial charge on any atom is 0.255 e. The van der Waals surface area contributed by atoms with E-state index in [4.69, 9.17) is 11.6 Å². The van der Waals surface area contributed by atoms with Crippen molar-refractivity contribution in [1.82, 2.24) is 0 Å². The van der Waals surface area contributed by atoms with E-state index >= 15 is 0 Å². The smallest absolute Gasteiger partial charge is 0.255 e. The van der Waals surface area contributed by atoms with Gasteiger partial charge in [0.15, 0.2) is 0 Å². The first-order valence-corrected chi connectivity index (χ1v) is 9.16. The third-order valence-electron chi connectivity index (χ3n) is 4.17. The number of halogens is 1. The minimum Gasteiger partial charge on any atom is -0.376 e. The molecule has 0 heterocycles. The van der Waals surface area contributed by atoms with Crippen molar-refractivity contribution in [2.24, 2.45) is 0 Å². The number of hydrogen-bond acceptors (Lipinski definition) is 3. The predicted molar refractivity (Wildman–Crippen MR) is 114 cm³/mol. The molecule has 3 aromatic rings. The Morgan fingerprint density at radius 3 is 2.32 bits per heavy atom. The molecule has 28 heavy (non-hydrogen) atoms. The molecule has 3 N–H and O–H groups in total. The zero-order valence-corrected chi connectivity index (χ0v) is 16.1. The van der Waals surface area contributed by atoms with Crippen LogP contribution in [0.5, 0.6) is 0 Å². The molecule has 0 saturated heterocycles. The number of amides is 2. The highest BCUT2D eigenvalue weighted by molar-refractivity contribution is 6.30. The first kappa shape index (κ1) is 19.5. The fourth-order valence-corrected chi connectivity index (χ4v) is 2.88. The Hall–Kier alpha value is -3.31. The second kappa shape index (κ2) is 9.06. The molecular weight excluding hydrogens is 374 g/mol. The summed E-state index contributed by atoms with van der Waals surface area (Å²) < 4.78 is 0. The monoisotopic (exact) mass is 393 g/mol. The summed E-state index contributed by atoms with van der Waals surface area (Å²) in [6.45, 7) is 1.97. The minimum atomic E-state index is -0.194. The molecule has 0 aliphatic heterocycles. The molecule has 0 atom stereocenters. The van der Waals surface area contributed by atoms with Crippen LogP contribution in [0.1, 0.15) is 15.9 Å². The highest BCUT2D eigenvalue weighted by Crippen LogP contribution is 2.24. The van der Waals surface area contributed by atoms with E-state index in [0.29, 0.717) is 22.0 Å². The Kier molecular flexibility index (Phi) is 6.29. The first-order valence-electron chi connectivity index (χ1n) is 8.78. The van der Waals surface area contributed by atoms with E-state index in [9.17, 15) is 9.59 Å². The van der Waals surface area contributed by atoms with E-state index in [1.54, 1.807) is 36.4 Å². The Balaban J connectivity index is 1.62. The number of carbonyl (C=O) groups is 2. The van der Waals surface area contributed by atoms with Gasteiger partial charge >= 0.3 is 0 Å². The van der Waals surface area contributed by atoms with E-state index in [0.717, 1.165) is 11.3 Å². The van der Waals surface area contributed by atoms with Crippen LogP contribution in [0.15, 0.2) is 72.8 Å². The topological polar surface area (TPSA) is 70.2 Å². The van der Waals surface area contributed by atoms with Crippen molar-refractivity contribution in [2.45, 2.75) is 6.92 Å². The molecule has 5 nitrogen and oxygen atoms in total. The Bertz CT molecular complexity index is 990. The molecule has 0 radical (unpaired) electrons. The van der Waals surface area contributed by atoms with Gasteiger partial charge in [0.25, 0.3) is 5.91 Å². The molecule has 0 unspecified atom stereocenters. The van der Waals surface area contributed by atoms with Crippen LogP contribution in [0.3, 0.4) is 0 Å². The van der Waals surface area contributed by atoms with Crippen LogP contribution in [-0.4, -0.2) is 18.4 Å². The van der Waals surface area contributed by atoms with Crippen LogP contribution in [0, 0.1) is 6.92 Å². The van der Waals surface area contributed by atoms with Crippen LogP contribution in [0.2, 0.25) is 5.02 Å². The zero-order chi connectivity index (χ0) is 19.9. The summed E-state index contributed by atoms with van der Waals surface area (Å²) >= 11 is 5.92. The fourth-order valence-electron chi connectivity index (χ4n) is 2.69. The molecule has 0 aromatic heterocycles. The van der Waals surface area contributed by atoms with Crippen LogP contribution in [-0.2, 0) is 4.79 Å². The van der Waals surface area contributed by atoms with E-state index in [1.165, 1.54) is 0 Å². The number of benzene rings is 3. The van der Waals surface area contributed by atoms with Gasteiger partial charge in [-0.15, -0.1) is 0 Å². The SMILES string of the molecule is Cc1c(NCC(=O)Nc2cccc(Cl)c2)cccc1NC(=O)c1ccccc1. The molecule has 0 aliphatic rings. The van der Waals surface area contributed by atoms with Gasteiger partial charge in [-0.2, -0.15) is 0 Å². The lowest BCUT2D eigenvalue weighted by Crippen LogP contribution is -2.22. The average Bonchev–Trinajstić information content (AvgIpc) is 2.69. The summed E-state index contributed by atoms with van der Waals surface area (Å²) in [6.07, 6.45) is 0. The van der Waals surface area contributed by atoms with Crippen LogP contribution < -0.4 is 16.0 Å². The number of carbonyl (C=O) groups excluding carboxylic acids is 2. The average molecular weight is 394 g/mol. The standard InChI is InChI=1S/C22H20ClN3O2/c1-15-19(24-14-21(27)25-18-10-5-9-17(23)13-18)11-6-12-20(15)26-22(28)16-7-3-2-4-8-16/h2-13,24H,14H2,1H3,(H,25,27)(H,26,28). The van der Waals surface area contributed by atoms with Gasteiger partial charge in [-0.05, 0) is 55.0 Å². The summed E-state index contributed by atoms with van der Waals surface area (Å²) in [5.41, 5.74) is 3.53. The van der Waals surface area contributed by atoms with Crippen molar-refractivity contribution in [3.63, 3.8) is 0 Å². The summed E-state index contributed by atoms with van der Waals surface area (Å²) in [5.74, 6) is -0.375. The zero-order valence-electron chi connectivity index (χ0n) is 15.3. The van der Waals surface area contributed by atoms with Crippen molar-refractivity contribution in [3.05, 3.63) is 88.9 Å². The van der Waals surface area contributed by atoms with Crippen molar-refractivity contribution in [1.29, 1.82) is 0 Å². The predicted octanol–water partition coefficient (Wildman–Crippen LogP) is 4.95. The molecule has 0 fully saturated rings. The summed E-state index contributed by atoms with van der Waals surface area (Å²) in [4.78, 5) is 24.5. The molecule has 3 aromatic carbocycles. The molecular formula is C22H20ClN3O2. The molecule has 2 amide bonds. The van der Waals surface area contributed by atoms with E-state index in [2.05, 4.69) is 16.0 Å². The van der Waals surface area contributed by atoms with Crippen LogP contribution >= 0.6 is 11.6 Å². The van der Waals surface area contributed by atoms with Gasteiger partial charge in [-0.3, -0.25) is 9.59 Å². The number of rotatable bonds is 6. The maximum atomic E-state index is 12.4. The number of hydrogen-bond donors (Lipinski definition) is 3. The molecule has 0 aliphatic carbocycles. The van der Waals surface area contributed by atoms with Gasteiger partial charge in [0, 0.05) is 27.6 Å². The van der Waals surface area contributed by atoms with Gasteiger partial charge in [-0.25, -0.2) is 0 Å². The molecule has 3 rings (SSSR count). The summed E-state index contributed by atoms with van der Waals surface area (Å²) in [6, 6.07) is 21.5. The van der Waals surface area contributed by atoms with E-state index < -0.39 is 0 Å². The first-order chi connectivity index (χ1) is 13.5. The lowest BCUT2D eigenvalue weighted by Gasteiger charge is -2.14. The Morgan fingerprint density at radius 2 is 1.57 bits per heavy atom. The van der Waals surface area contributed by atoms with Crippen molar-refractivity contribution < 1.29 is 9.59 Å². The largest absolute Gasteiger partial charge is 0.376 e. The minimum absolute atomic E-state index is 0.0867. The molecule has 0 spiro atoms. The Morgan fingerprint density at radius 1 is 0.857 bits per heavy atom. The second-order valence-electron chi connectivity index (χ2n) is 6.21. The highest BCUT2D eigenvalue weighted by atomic mass is 35.5. The second-order valence-corrected chi connectivity index (χ2v) is 6.65. The molecule has 0 bridgehead atoms. The Labute approximate surface area is 168 Å². The van der Waals surface area contributed by atoms with Gasteiger partial charge in [0.05, 0.1) is 6.54 Å². The quantitative estimate of drug-likeness (QED) is 0.554. The van der Waals surface area contributed by atoms with Crippen LogP contribution in [0.4, 0.5) is 17.1 Å². The molecule has 0 saturated carbocycles. The van der Waals surface area contributed by atoms with E-state index in [1.807, 2.05) is 43.3 Å². The third-order valence-corrected chi connectivity index (χ3v) is 4.40. The van der Waals surface area contributed by atoms with Gasteiger partial charge in [-0.1, -0.05) is 41.9 Å². The molecule has 142 valence electrons. The fraction of sp³-hybridized carbons (Fsp3) is 0.0909. The number of anilines is 3. The number of nitrogens with one attached hydrogen (secondary N) is 3. The highest BCUT2D eigenvalue weighted by Gasteiger charge is 2.10. The molecule has 6 heteroatoms. The summed E-state index contributed by atoms with van der Waals surface area (Å²) in [5, 5.41) is 9.36. The third kappa shape index (κ3) is 5.11. The maximum absolute atomic E-state index is 12.4. The normalized spacial score (nSPS) is 10.2. The van der Waals surface area contributed by atoms with Crippen molar-refractivity contribution in [3.8, 4) is 0 Å². The van der Waals surface area contributed by atoms with Crippen LogP contribution in [0.25, 0.3) is 0 Å². The van der Waals surface area contributed by atoms with Crippen molar-refractivity contribution >= 4 is 40.5 Å².